The largest absolute Gasteiger partial charge is 0.324 e. The number of sulfonamides is 1. The molecular formula is C9H15N3O2S. The van der Waals surface area contributed by atoms with Gasteiger partial charge < -0.3 is 5.43 Å². The first kappa shape index (κ1) is 12.0. The second-order valence-electron chi connectivity index (χ2n) is 3.10. The number of hydrogen-bond acceptors (Lipinski definition) is 4. The van der Waals surface area contributed by atoms with Crippen LogP contribution in [0.5, 0.6) is 0 Å². The molecule has 0 aliphatic heterocycles. The van der Waals surface area contributed by atoms with E-state index in [1.807, 2.05) is 0 Å². The molecule has 1 aromatic rings. The average molecular weight is 229 g/mol. The van der Waals surface area contributed by atoms with E-state index in [0.29, 0.717) is 6.54 Å². The number of nitrogens with one attached hydrogen (secondary N) is 2. The van der Waals surface area contributed by atoms with Crippen molar-refractivity contribution in [3.05, 3.63) is 29.8 Å². The summed E-state index contributed by atoms with van der Waals surface area (Å²) in [6.45, 7) is 2.16. The zero-order valence-corrected chi connectivity index (χ0v) is 9.34. The minimum atomic E-state index is -3.21. The molecule has 0 bridgehead atoms. The van der Waals surface area contributed by atoms with Crippen LogP contribution < -0.4 is 16.0 Å². The molecule has 0 fully saturated rings. The van der Waals surface area contributed by atoms with Crippen molar-refractivity contribution in [2.45, 2.75) is 12.7 Å². The summed E-state index contributed by atoms with van der Waals surface area (Å²) in [4.78, 5) is 0. The van der Waals surface area contributed by atoms with Gasteiger partial charge >= 0.3 is 0 Å². The second kappa shape index (κ2) is 5.11. The molecule has 0 aliphatic carbocycles. The van der Waals surface area contributed by atoms with Crippen molar-refractivity contribution in [1.82, 2.24) is 4.72 Å². The normalized spacial score (nSPS) is 11.3. The first-order valence-electron chi connectivity index (χ1n) is 4.60. The van der Waals surface area contributed by atoms with Crippen LogP contribution in [0.2, 0.25) is 0 Å². The van der Waals surface area contributed by atoms with Crippen molar-refractivity contribution in [3.8, 4) is 0 Å². The van der Waals surface area contributed by atoms with Gasteiger partial charge in [-0.3, -0.25) is 5.84 Å². The highest BCUT2D eigenvalue weighted by molar-refractivity contribution is 7.88. The lowest BCUT2D eigenvalue weighted by Gasteiger charge is -2.05. The Morgan fingerprint density at radius 2 is 1.87 bits per heavy atom. The Morgan fingerprint density at radius 1 is 1.27 bits per heavy atom. The monoisotopic (exact) mass is 229 g/mol. The van der Waals surface area contributed by atoms with Crippen LogP contribution in [0.4, 0.5) is 5.69 Å². The van der Waals surface area contributed by atoms with Gasteiger partial charge in [-0.1, -0.05) is 19.1 Å². The second-order valence-corrected chi connectivity index (χ2v) is 4.91. The highest BCUT2D eigenvalue weighted by Crippen LogP contribution is 2.10. The highest BCUT2D eigenvalue weighted by atomic mass is 32.2. The fourth-order valence-electron chi connectivity index (χ4n) is 1.19. The van der Waals surface area contributed by atoms with Crippen LogP contribution in [0.25, 0.3) is 0 Å². The maximum absolute atomic E-state index is 11.4. The van der Waals surface area contributed by atoms with Crippen LogP contribution >= 0.6 is 0 Å². The van der Waals surface area contributed by atoms with E-state index >= 15 is 0 Å². The number of nitrogens with two attached hydrogens (primary N) is 1. The van der Waals surface area contributed by atoms with Crippen LogP contribution in [0.15, 0.2) is 24.3 Å². The minimum Gasteiger partial charge on any atom is -0.324 e. The number of anilines is 1. The Bertz CT molecular complexity index is 400. The third kappa shape index (κ3) is 3.86. The van der Waals surface area contributed by atoms with Crippen LogP contribution in [0, 0.1) is 0 Å². The van der Waals surface area contributed by atoms with E-state index in [9.17, 15) is 8.42 Å². The van der Waals surface area contributed by atoms with Crippen molar-refractivity contribution in [3.63, 3.8) is 0 Å². The fourth-order valence-corrected chi connectivity index (χ4v) is 2.36. The van der Waals surface area contributed by atoms with Gasteiger partial charge in [-0.25, -0.2) is 13.1 Å². The lowest BCUT2D eigenvalue weighted by molar-refractivity contribution is 0.583. The Morgan fingerprint density at radius 3 is 2.33 bits per heavy atom. The molecule has 0 aliphatic rings. The summed E-state index contributed by atoms with van der Waals surface area (Å²) in [6.07, 6.45) is 0. The molecule has 15 heavy (non-hydrogen) atoms. The molecule has 0 heterocycles. The molecule has 0 saturated heterocycles. The molecule has 84 valence electrons. The highest BCUT2D eigenvalue weighted by Gasteiger charge is 2.09. The van der Waals surface area contributed by atoms with Gasteiger partial charge in [-0.05, 0) is 17.7 Å². The van der Waals surface area contributed by atoms with E-state index in [2.05, 4.69) is 10.1 Å². The summed E-state index contributed by atoms with van der Waals surface area (Å²) in [5.41, 5.74) is 3.96. The van der Waals surface area contributed by atoms with E-state index in [0.717, 1.165) is 11.3 Å². The van der Waals surface area contributed by atoms with Crippen molar-refractivity contribution in [2.75, 3.05) is 12.0 Å². The van der Waals surface area contributed by atoms with Crippen LogP contribution in [-0.4, -0.2) is 15.0 Å². The minimum absolute atomic E-state index is 0.00824. The van der Waals surface area contributed by atoms with Gasteiger partial charge in [0, 0.05) is 12.2 Å². The molecule has 0 spiro atoms. The van der Waals surface area contributed by atoms with Crippen molar-refractivity contribution in [1.29, 1.82) is 0 Å². The van der Waals surface area contributed by atoms with Crippen LogP contribution in [0.1, 0.15) is 12.5 Å². The molecule has 1 aromatic carbocycles. The first-order chi connectivity index (χ1) is 7.07. The number of benzene rings is 1. The van der Waals surface area contributed by atoms with Gasteiger partial charge in [-0.15, -0.1) is 0 Å². The standard InChI is InChI=1S/C9H15N3O2S/c1-2-11-15(13,14)7-8-3-5-9(12-10)6-4-8/h3-6,11-12H,2,7,10H2,1H3. The van der Waals surface area contributed by atoms with E-state index in [-0.39, 0.29) is 5.75 Å². The van der Waals surface area contributed by atoms with Gasteiger partial charge in [0.15, 0.2) is 0 Å². The van der Waals surface area contributed by atoms with E-state index in [1.54, 1.807) is 31.2 Å². The van der Waals surface area contributed by atoms with E-state index < -0.39 is 10.0 Å². The lowest BCUT2D eigenvalue weighted by Crippen LogP contribution is -2.24. The first-order valence-corrected chi connectivity index (χ1v) is 6.25. The molecule has 0 saturated carbocycles. The zero-order valence-electron chi connectivity index (χ0n) is 8.53. The molecule has 0 radical (unpaired) electrons. The van der Waals surface area contributed by atoms with Crippen molar-refractivity contribution in [2.24, 2.45) is 5.84 Å². The van der Waals surface area contributed by atoms with Gasteiger partial charge in [-0.2, -0.15) is 0 Å². The van der Waals surface area contributed by atoms with Gasteiger partial charge in [0.05, 0.1) is 5.75 Å². The van der Waals surface area contributed by atoms with Gasteiger partial charge in [0.1, 0.15) is 0 Å². The molecule has 1 rings (SSSR count). The summed E-state index contributed by atoms with van der Waals surface area (Å²) in [6, 6.07) is 6.92. The lowest BCUT2D eigenvalue weighted by atomic mass is 10.2. The SMILES string of the molecule is CCNS(=O)(=O)Cc1ccc(NN)cc1. The summed E-state index contributed by atoms with van der Waals surface area (Å²) in [7, 11) is -3.21. The molecular weight excluding hydrogens is 214 g/mol. The number of rotatable bonds is 5. The summed E-state index contributed by atoms with van der Waals surface area (Å²) in [5, 5.41) is 0. The Labute approximate surface area is 89.7 Å². The molecule has 5 nitrogen and oxygen atoms in total. The molecule has 0 unspecified atom stereocenters. The summed E-state index contributed by atoms with van der Waals surface area (Å²) < 4.78 is 25.2. The third-order valence-electron chi connectivity index (χ3n) is 1.84. The van der Waals surface area contributed by atoms with Gasteiger partial charge in [0.25, 0.3) is 0 Å². The number of hydrazine groups is 1. The maximum Gasteiger partial charge on any atom is 0.215 e. The number of nitrogen functional groups attached to an aromatic ring is 1. The Kier molecular flexibility index (Phi) is 4.07. The summed E-state index contributed by atoms with van der Waals surface area (Å²) >= 11 is 0. The third-order valence-corrected chi connectivity index (χ3v) is 3.28. The predicted molar refractivity (Wildman–Crippen MR) is 60.6 cm³/mol. The number of hydrogen-bond donors (Lipinski definition) is 3. The van der Waals surface area contributed by atoms with Crippen LogP contribution in [0.3, 0.4) is 0 Å². The maximum atomic E-state index is 11.4. The van der Waals surface area contributed by atoms with E-state index in [4.69, 9.17) is 5.84 Å². The van der Waals surface area contributed by atoms with Crippen molar-refractivity contribution >= 4 is 15.7 Å². The molecule has 0 aromatic heterocycles. The van der Waals surface area contributed by atoms with Gasteiger partial charge in [0.2, 0.25) is 10.0 Å². The zero-order chi connectivity index (χ0) is 11.3. The summed E-state index contributed by atoms with van der Waals surface area (Å²) in [5.74, 6) is 5.19. The predicted octanol–water partition coefficient (Wildman–Crippen LogP) is 0.411. The van der Waals surface area contributed by atoms with Crippen LogP contribution in [-0.2, 0) is 15.8 Å². The van der Waals surface area contributed by atoms with Crippen molar-refractivity contribution < 1.29 is 8.42 Å². The molecule has 4 N–H and O–H groups in total. The Hall–Kier alpha value is -1.11. The fraction of sp³-hybridized carbons (Fsp3) is 0.333. The average Bonchev–Trinajstić information content (AvgIpc) is 2.18. The quantitative estimate of drug-likeness (QED) is 0.504. The molecule has 6 heteroatoms. The molecule has 0 atom stereocenters. The topological polar surface area (TPSA) is 84.2 Å². The smallest absolute Gasteiger partial charge is 0.215 e. The van der Waals surface area contributed by atoms with E-state index in [1.165, 1.54) is 0 Å². The Balaban J connectivity index is 2.73. The molecule has 0 amide bonds.